The molecule has 1 heterocycles. The molecular formula is C23H20N2O2S. The Hall–Kier alpha value is -3.05. The van der Waals surface area contributed by atoms with E-state index in [1.165, 1.54) is 0 Å². The van der Waals surface area contributed by atoms with Gasteiger partial charge in [-0.3, -0.25) is 4.79 Å². The zero-order chi connectivity index (χ0) is 19.5. The third-order valence-electron chi connectivity index (χ3n) is 4.15. The van der Waals surface area contributed by atoms with Gasteiger partial charge in [-0.25, -0.2) is 4.98 Å². The van der Waals surface area contributed by atoms with Crippen molar-refractivity contribution < 1.29 is 9.21 Å². The van der Waals surface area contributed by atoms with Crippen LogP contribution in [-0.4, -0.2) is 16.1 Å². The van der Waals surface area contributed by atoms with Crippen LogP contribution in [0.1, 0.15) is 24.2 Å². The van der Waals surface area contributed by atoms with Gasteiger partial charge in [0, 0.05) is 27.0 Å². The van der Waals surface area contributed by atoms with Crippen LogP contribution in [0.3, 0.4) is 0 Å². The van der Waals surface area contributed by atoms with E-state index in [0.717, 1.165) is 21.6 Å². The lowest BCUT2D eigenvalue weighted by atomic mass is 10.1. The zero-order valence-electron chi connectivity index (χ0n) is 15.7. The molecule has 0 atom stereocenters. The normalized spacial score (nSPS) is 11.1. The monoisotopic (exact) mass is 388 g/mol. The van der Waals surface area contributed by atoms with E-state index in [-0.39, 0.29) is 5.91 Å². The summed E-state index contributed by atoms with van der Waals surface area (Å²) in [6.07, 6.45) is 0. The zero-order valence-corrected chi connectivity index (χ0v) is 16.5. The van der Waals surface area contributed by atoms with E-state index in [0.29, 0.717) is 22.4 Å². The molecule has 0 unspecified atom stereocenters. The molecule has 4 nitrogen and oxygen atoms in total. The number of rotatable bonds is 5. The minimum absolute atomic E-state index is 0.143. The average Bonchev–Trinajstić information content (AvgIpc) is 3.12. The van der Waals surface area contributed by atoms with Gasteiger partial charge in [0.1, 0.15) is 5.52 Å². The van der Waals surface area contributed by atoms with E-state index in [1.54, 1.807) is 11.8 Å². The van der Waals surface area contributed by atoms with Crippen LogP contribution < -0.4 is 5.32 Å². The van der Waals surface area contributed by atoms with Gasteiger partial charge in [0.15, 0.2) is 5.58 Å². The molecule has 3 aromatic carbocycles. The number of hydrogen-bond donors (Lipinski definition) is 1. The molecule has 0 radical (unpaired) electrons. The van der Waals surface area contributed by atoms with Gasteiger partial charge in [0.25, 0.3) is 5.91 Å². The Morgan fingerprint density at radius 2 is 1.79 bits per heavy atom. The standard InChI is InChI=1S/C23H20N2O2S/c1-15(2)28-19-12-10-16(11-13-19)22(26)24-18-7-5-6-17(14-18)23-25-20-8-3-4-9-21(20)27-23/h3-15H,1-2H3,(H,24,26). The van der Waals surface area contributed by atoms with Crippen molar-refractivity contribution in [2.45, 2.75) is 24.0 Å². The molecule has 0 aliphatic rings. The number of carbonyl (C=O) groups is 1. The van der Waals surface area contributed by atoms with Crippen molar-refractivity contribution >= 4 is 34.5 Å². The molecule has 0 bridgehead atoms. The maximum Gasteiger partial charge on any atom is 0.255 e. The Balaban J connectivity index is 1.52. The molecule has 140 valence electrons. The number of aromatic nitrogens is 1. The number of nitrogens with one attached hydrogen (secondary N) is 1. The fourth-order valence-corrected chi connectivity index (χ4v) is 3.72. The molecule has 4 rings (SSSR count). The lowest BCUT2D eigenvalue weighted by Gasteiger charge is -2.08. The number of carbonyl (C=O) groups excluding carboxylic acids is 1. The quantitative estimate of drug-likeness (QED) is 0.411. The van der Waals surface area contributed by atoms with Crippen LogP contribution in [0.2, 0.25) is 0 Å². The van der Waals surface area contributed by atoms with E-state index in [4.69, 9.17) is 4.42 Å². The highest BCUT2D eigenvalue weighted by molar-refractivity contribution is 7.99. The lowest BCUT2D eigenvalue weighted by molar-refractivity contribution is 0.102. The van der Waals surface area contributed by atoms with Crippen molar-refractivity contribution in [1.29, 1.82) is 0 Å². The largest absolute Gasteiger partial charge is 0.436 e. The number of benzene rings is 3. The Morgan fingerprint density at radius 3 is 2.54 bits per heavy atom. The van der Waals surface area contributed by atoms with E-state index in [1.807, 2.05) is 72.8 Å². The highest BCUT2D eigenvalue weighted by Gasteiger charge is 2.11. The Kier molecular flexibility index (Phi) is 5.17. The molecule has 1 amide bonds. The summed E-state index contributed by atoms with van der Waals surface area (Å²) >= 11 is 1.77. The van der Waals surface area contributed by atoms with Crippen molar-refractivity contribution in [1.82, 2.24) is 4.98 Å². The lowest BCUT2D eigenvalue weighted by Crippen LogP contribution is -2.11. The van der Waals surface area contributed by atoms with E-state index >= 15 is 0 Å². The third kappa shape index (κ3) is 4.10. The van der Waals surface area contributed by atoms with Gasteiger partial charge < -0.3 is 9.73 Å². The predicted octanol–water partition coefficient (Wildman–Crippen LogP) is 6.25. The SMILES string of the molecule is CC(C)Sc1ccc(C(=O)Nc2cccc(-c3nc4ccccc4o3)c2)cc1. The highest BCUT2D eigenvalue weighted by Crippen LogP contribution is 2.27. The molecule has 1 N–H and O–H groups in total. The fraction of sp³-hybridized carbons (Fsp3) is 0.130. The molecule has 0 spiro atoms. The molecule has 0 fully saturated rings. The maximum atomic E-state index is 12.6. The minimum atomic E-state index is -0.143. The van der Waals surface area contributed by atoms with Gasteiger partial charge in [0.2, 0.25) is 5.89 Å². The van der Waals surface area contributed by atoms with Crippen LogP contribution >= 0.6 is 11.8 Å². The van der Waals surface area contributed by atoms with Crippen LogP contribution in [0.25, 0.3) is 22.6 Å². The summed E-state index contributed by atoms with van der Waals surface area (Å²) in [5, 5.41) is 3.46. The second-order valence-electron chi connectivity index (χ2n) is 6.71. The number of fused-ring (bicyclic) bond motifs is 1. The highest BCUT2D eigenvalue weighted by atomic mass is 32.2. The molecule has 0 saturated heterocycles. The number of para-hydroxylation sites is 2. The maximum absolute atomic E-state index is 12.6. The summed E-state index contributed by atoms with van der Waals surface area (Å²) in [7, 11) is 0. The molecule has 1 aromatic heterocycles. The van der Waals surface area contributed by atoms with Crippen molar-refractivity contribution in [3.63, 3.8) is 0 Å². The summed E-state index contributed by atoms with van der Waals surface area (Å²) < 4.78 is 5.82. The summed E-state index contributed by atoms with van der Waals surface area (Å²) in [6, 6.07) is 22.8. The second-order valence-corrected chi connectivity index (χ2v) is 8.36. The van der Waals surface area contributed by atoms with Crippen molar-refractivity contribution in [2.75, 3.05) is 5.32 Å². The molecule has 28 heavy (non-hydrogen) atoms. The summed E-state index contributed by atoms with van der Waals surface area (Å²) in [4.78, 5) is 18.2. The van der Waals surface area contributed by atoms with Gasteiger partial charge >= 0.3 is 0 Å². The van der Waals surface area contributed by atoms with Crippen molar-refractivity contribution in [3.8, 4) is 11.5 Å². The summed E-state index contributed by atoms with van der Waals surface area (Å²) in [5.41, 5.74) is 3.70. The van der Waals surface area contributed by atoms with Crippen LogP contribution in [0.15, 0.2) is 82.1 Å². The first-order chi connectivity index (χ1) is 13.6. The number of amides is 1. The second kappa shape index (κ2) is 7.90. The van der Waals surface area contributed by atoms with E-state index < -0.39 is 0 Å². The van der Waals surface area contributed by atoms with Crippen LogP contribution in [-0.2, 0) is 0 Å². The van der Waals surface area contributed by atoms with Gasteiger partial charge in [0.05, 0.1) is 0 Å². The Morgan fingerprint density at radius 1 is 1.00 bits per heavy atom. The van der Waals surface area contributed by atoms with Gasteiger partial charge in [-0.15, -0.1) is 11.8 Å². The number of thioether (sulfide) groups is 1. The van der Waals surface area contributed by atoms with Crippen molar-refractivity contribution in [2.24, 2.45) is 0 Å². The van der Waals surface area contributed by atoms with E-state index in [2.05, 4.69) is 24.1 Å². The van der Waals surface area contributed by atoms with Crippen LogP contribution in [0.5, 0.6) is 0 Å². The first-order valence-electron chi connectivity index (χ1n) is 9.12. The molecule has 5 heteroatoms. The molecule has 4 aromatic rings. The molecular weight excluding hydrogens is 368 g/mol. The van der Waals surface area contributed by atoms with E-state index in [9.17, 15) is 4.79 Å². The number of oxazole rings is 1. The average molecular weight is 388 g/mol. The van der Waals surface area contributed by atoms with Gasteiger partial charge in [-0.05, 0) is 54.6 Å². The minimum Gasteiger partial charge on any atom is -0.436 e. The Bertz CT molecular complexity index is 1080. The third-order valence-corrected chi connectivity index (χ3v) is 5.17. The smallest absolute Gasteiger partial charge is 0.255 e. The number of hydrogen-bond acceptors (Lipinski definition) is 4. The molecule has 0 saturated carbocycles. The molecule has 0 aliphatic heterocycles. The van der Waals surface area contributed by atoms with Crippen LogP contribution in [0, 0.1) is 0 Å². The van der Waals surface area contributed by atoms with Crippen molar-refractivity contribution in [3.05, 3.63) is 78.4 Å². The number of anilines is 1. The molecule has 0 aliphatic carbocycles. The number of nitrogens with zero attached hydrogens (tertiary/aromatic N) is 1. The summed E-state index contributed by atoms with van der Waals surface area (Å²) in [5.74, 6) is 0.392. The van der Waals surface area contributed by atoms with Crippen LogP contribution in [0.4, 0.5) is 5.69 Å². The summed E-state index contributed by atoms with van der Waals surface area (Å²) in [6.45, 7) is 4.30. The fourth-order valence-electron chi connectivity index (χ4n) is 2.89. The Labute approximate surface area is 168 Å². The van der Waals surface area contributed by atoms with Gasteiger partial charge in [-0.1, -0.05) is 32.0 Å². The van der Waals surface area contributed by atoms with Gasteiger partial charge in [-0.2, -0.15) is 0 Å². The first kappa shape index (κ1) is 18.3. The topological polar surface area (TPSA) is 55.1 Å². The predicted molar refractivity (Wildman–Crippen MR) is 115 cm³/mol. The first-order valence-corrected chi connectivity index (χ1v) is 10.0.